The molecular formula is C14H23N3O3S2. The van der Waals surface area contributed by atoms with Crippen LogP contribution >= 0.6 is 11.3 Å². The molecule has 0 spiro atoms. The summed E-state index contributed by atoms with van der Waals surface area (Å²) in [6.45, 7) is 5.78. The fourth-order valence-electron chi connectivity index (χ4n) is 2.30. The number of amides is 2. The Bertz CT molecular complexity index is 564. The minimum atomic E-state index is -3.02. The van der Waals surface area contributed by atoms with Crippen molar-refractivity contribution in [1.82, 2.24) is 15.1 Å². The number of nitrogens with one attached hydrogen (secondary N) is 1. The molecule has 2 amide bonds. The van der Waals surface area contributed by atoms with Gasteiger partial charge in [0, 0.05) is 49.9 Å². The van der Waals surface area contributed by atoms with Gasteiger partial charge >= 0.3 is 6.03 Å². The van der Waals surface area contributed by atoms with Crippen molar-refractivity contribution in [1.29, 1.82) is 0 Å². The molecule has 0 aromatic carbocycles. The lowest BCUT2D eigenvalue weighted by molar-refractivity contribution is 0.136. The number of thiophene rings is 1. The molecule has 0 bridgehead atoms. The van der Waals surface area contributed by atoms with Gasteiger partial charge in [-0.1, -0.05) is 13.0 Å². The Morgan fingerprint density at radius 1 is 1.32 bits per heavy atom. The van der Waals surface area contributed by atoms with Crippen molar-refractivity contribution in [3.05, 3.63) is 22.4 Å². The van der Waals surface area contributed by atoms with Gasteiger partial charge in [-0.15, -0.1) is 11.3 Å². The summed E-state index contributed by atoms with van der Waals surface area (Å²) in [4.78, 5) is 17.4. The first kappa shape index (κ1) is 17.2. The monoisotopic (exact) mass is 345 g/mol. The minimum Gasteiger partial charge on any atom is -0.337 e. The summed E-state index contributed by atoms with van der Waals surface area (Å²) in [6.07, 6.45) is 0. The molecule has 0 unspecified atom stereocenters. The molecule has 1 fully saturated rings. The molecule has 1 aromatic rings. The summed E-state index contributed by atoms with van der Waals surface area (Å²) >= 11 is 1.75. The van der Waals surface area contributed by atoms with Crippen LogP contribution < -0.4 is 5.32 Å². The topological polar surface area (TPSA) is 69.7 Å². The van der Waals surface area contributed by atoms with E-state index >= 15 is 0 Å². The Balaban J connectivity index is 1.68. The average molecular weight is 345 g/mol. The van der Waals surface area contributed by atoms with Crippen molar-refractivity contribution in [2.24, 2.45) is 0 Å². The van der Waals surface area contributed by atoms with Gasteiger partial charge in [-0.3, -0.25) is 4.90 Å². The molecule has 2 heterocycles. The number of urea groups is 1. The smallest absolute Gasteiger partial charge is 0.317 e. The van der Waals surface area contributed by atoms with Gasteiger partial charge in [0.05, 0.1) is 5.75 Å². The summed E-state index contributed by atoms with van der Waals surface area (Å²) in [5.41, 5.74) is 0. The molecule has 8 heteroatoms. The SMILES string of the molecule is CCS(=O)(=O)CCNC(=O)N1CCN(Cc2cccs2)CC1. The number of sulfone groups is 1. The van der Waals surface area contributed by atoms with E-state index in [9.17, 15) is 13.2 Å². The highest BCUT2D eigenvalue weighted by Gasteiger charge is 2.21. The highest BCUT2D eigenvalue weighted by molar-refractivity contribution is 7.91. The van der Waals surface area contributed by atoms with Crippen molar-refractivity contribution in [2.75, 3.05) is 44.2 Å². The van der Waals surface area contributed by atoms with E-state index < -0.39 is 9.84 Å². The number of hydrogen-bond donors (Lipinski definition) is 1. The Morgan fingerprint density at radius 2 is 2.05 bits per heavy atom. The van der Waals surface area contributed by atoms with Crippen molar-refractivity contribution in [3.8, 4) is 0 Å². The molecule has 124 valence electrons. The summed E-state index contributed by atoms with van der Waals surface area (Å²) in [6, 6.07) is 4.01. The molecule has 0 radical (unpaired) electrons. The third kappa shape index (κ3) is 5.26. The van der Waals surface area contributed by atoms with Crippen LogP contribution in [-0.2, 0) is 16.4 Å². The fourth-order valence-corrected chi connectivity index (χ4v) is 3.75. The van der Waals surface area contributed by atoms with Crippen LogP contribution in [0.25, 0.3) is 0 Å². The standard InChI is InChI=1S/C14H23N3O3S2/c1-2-22(19,20)11-5-15-14(18)17-8-6-16(7-9-17)12-13-4-3-10-21-13/h3-4,10H,2,5-9,11-12H2,1H3,(H,15,18). The second kappa shape index (κ2) is 7.94. The molecule has 1 saturated heterocycles. The van der Waals surface area contributed by atoms with Crippen molar-refractivity contribution in [3.63, 3.8) is 0 Å². The van der Waals surface area contributed by atoms with E-state index in [1.165, 1.54) is 4.88 Å². The molecule has 1 aliphatic heterocycles. The number of nitrogens with zero attached hydrogens (tertiary/aromatic N) is 2. The highest BCUT2D eigenvalue weighted by atomic mass is 32.2. The van der Waals surface area contributed by atoms with E-state index in [2.05, 4.69) is 21.7 Å². The minimum absolute atomic E-state index is 0.00752. The number of carbonyl (C=O) groups excluding carboxylic acids is 1. The van der Waals surface area contributed by atoms with E-state index in [1.54, 1.807) is 23.2 Å². The van der Waals surface area contributed by atoms with E-state index in [1.807, 2.05) is 6.07 Å². The van der Waals surface area contributed by atoms with Crippen LogP contribution in [0.5, 0.6) is 0 Å². The number of hydrogen-bond acceptors (Lipinski definition) is 5. The molecule has 1 N–H and O–H groups in total. The zero-order valence-corrected chi connectivity index (χ0v) is 14.5. The second-order valence-corrected chi connectivity index (χ2v) is 8.82. The first-order valence-corrected chi connectivity index (χ1v) is 10.2. The third-order valence-electron chi connectivity index (χ3n) is 3.75. The predicted molar refractivity (Wildman–Crippen MR) is 88.9 cm³/mol. The van der Waals surface area contributed by atoms with Crippen LogP contribution in [0.1, 0.15) is 11.8 Å². The van der Waals surface area contributed by atoms with Gasteiger partial charge in [0.1, 0.15) is 0 Å². The molecule has 1 aromatic heterocycles. The first-order valence-electron chi connectivity index (χ1n) is 7.48. The van der Waals surface area contributed by atoms with Crippen LogP contribution in [0.15, 0.2) is 17.5 Å². The van der Waals surface area contributed by atoms with Crippen molar-refractivity contribution < 1.29 is 13.2 Å². The Morgan fingerprint density at radius 3 is 2.64 bits per heavy atom. The lowest BCUT2D eigenvalue weighted by Crippen LogP contribution is -2.51. The maximum atomic E-state index is 12.0. The molecule has 22 heavy (non-hydrogen) atoms. The Labute approximate surface area is 136 Å². The highest BCUT2D eigenvalue weighted by Crippen LogP contribution is 2.13. The summed E-state index contributed by atoms with van der Waals surface area (Å²) < 4.78 is 22.8. The van der Waals surface area contributed by atoms with Gasteiger partial charge in [-0.2, -0.15) is 0 Å². The second-order valence-electron chi connectivity index (χ2n) is 5.31. The summed E-state index contributed by atoms with van der Waals surface area (Å²) in [5, 5.41) is 4.77. The summed E-state index contributed by atoms with van der Waals surface area (Å²) in [7, 11) is -3.02. The zero-order valence-electron chi connectivity index (χ0n) is 12.8. The number of carbonyl (C=O) groups is 1. The van der Waals surface area contributed by atoms with Gasteiger partial charge in [-0.25, -0.2) is 13.2 Å². The van der Waals surface area contributed by atoms with Gasteiger partial charge in [0.25, 0.3) is 0 Å². The number of piperazine rings is 1. The normalized spacial score (nSPS) is 16.7. The first-order chi connectivity index (χ1) is 10.5. The van der Waals surface area contributed by atoms with E-state index in [0.29, 0.717) is 13.1 Å². The number of rotatable bonds is 6. The quantitative estimate of drug-likeness (QED) is 0.835. The average Bonchev–Trinajstić information content (AvgIpc) is 3.00. The lowest BCUT2D eigenvalue weighted by atomic mass is 10.3. The fraction of sp³-hybridized carbons (Fsp3) is 0.643. The molecule has 6 nitrogen and oxygen atoms in total. The maximum absolute atomic E-state index is 12.0. The molecule has 0 atom stereocenters. The van der Waals surface area contributed by atoms with Gasteiger partial charge in [-0.05, 0) is 11.4 Å². The lowest BCUT2D eigenvalue weighted by Gasteiger charge is -2.34. The van der Waals surface area contributed by atoms with Crippen LogP contribution in [0.4, 0.5) is 4.79 Å². The Kier molecular flexibility index (Phi) is 6.22. The largest absolute Gasteiger partial charge is 0.337 e. The van der Waals surface area contributed by atoms with Gasteiger partial charge < -0.3 is 10.2 Å². The summed E-state index contributed by atoms with van der Waals surface area (Å²) in [5.74, 6) is 0.123. The maximum Gasteiger partial charge on any atom is 0.317 e. The predicted octanol–water partition coefficient (Wildman–Crippen LogP) is 1.01. The van der Waals surface area contributed by atoms with Crippen LogP contribution in [-0.4, -0.2) is 68.5 Å². The zero-order chi connectivity index (χ0) is 16.0. The van der Waals surface area contributed by atoms with Crippen LogP contribution in [0.3, 0.4) is 0 Å². The molecule has 0 saturated carbocycles. The molecule has 2 rings (SSSR count). The molecule has 0 aliphatic carbocycles. The van der Waals surface area contributed by atoms with E-state index in [-0.39, 0.29) is 24.1 Å². The van der Waals surface area contributed by atoms with Gasteiger partial charge in [0.2, 0.25) is 0 Å². The van der Waals surface area contributed by atoms with E-state index in [4.69, 9.17) is 0 Å². The van der Waals surface area contributed by atoms with Crippen molar-refractivity contribution >= 4 is 27.2 Å². The van der Waals surface area contributed by atoms with Crippen LogP contribution in [0.2, 0.25) is 0 Å². The van der Waals surface area contributed by atoms with Crippen molar-refractivity contribution in [2.45, 2.75) is 13.5 Å². The Hall–Kier alpha value is -1.12. The van der Waals surface area contributed by atoms with Gasteiger partial charge in [0.15, 0.2) is 9.84 Å². The van der Waals surface area contributed by atoms with E-state index in [0.717, 1.165) is 19.6 Å². The third-order valence-corrected chi connectivity index (χ3v) is 6.32. The molecule has 1 aliphatic rings. The molecular weight excluding hydrogens is 322 g/mol. The van der Waals surface area contributed by atoms with Crippen LogP contribution in [0, 0.1) is 0 Å².